The Balaban J connectivity index is 2.04. The number of nitrogens with zero attached hydrogens (tertiary/aromatic N) is 1. The van der Waals surface area contributed by atoms with Crippen molar-refractivity contribution in [3.05, 3.63) is 89.0 Å². The summed E-state index contributed by atoms with van der Waals surface area (Å²) in [6.45, 7) is 6.77. The second-order valence-corrected chi connectivity index (χ2v) is 9.06. The zero-order valence-corrected chi connectivity index (χ0v) is 18.6. The Hall–Kier alpha value is -3.32. The maximum Gasteiger partial charge on any atom is 0.335 e. The monoisotopic (exact) mass is 438 g/mol. The molecule has 31 heavy (non-hydrogen) atoms. The lowest BCUT2D eigenvalue weighted by Gasteiger charge is -2.26. The van der Waals surface area contributed by atoms with Gasteiger partial charge in [-0.3, -0.25) is 4.72 Å². The van der Waals surface area contributed by atoms with E-state index in [1.807, 2.05) is 49.1 Å². The predicted molar refractivity (Wildman–Crippen MR) is 123 cm³/mol. The first kappa shape index (κ1) is 22.4. The number of nitrogens with one attached hydrogen (secondary N) is 1. The van der Waals surface area contributed by atoms with Crippen molar-refractivity contribution in [2.24, 2.45) is 0 Å². The summed E-state index contributed by atoms with van der Waals surface area (Å²) in [6, 6.07) is 19.4. The minimum atomic E-state index is -3.91. The van der Waals surface area contributed by atoms with Crippen LogP contribution >= 0.6 is 0 Å². The fraction of sp³-hybridized carbons (Fsp3) is 0.208. The molecule has 0 bridgehead atoms. The highest BCUT2D eigenvalue weighted by atomic mass is 32.2. The topological polar surface area (TPSA) is 86.7 Å². The van der Waals surface area contributed by atoms with Crippen LogP contribution < -0.4 is 9.62 Å². The summed E-state index contributed by atoms with van der Waals surface area (Å²) < 4.78 is 28.9. The van der Waals surface area contributed by atoms with Gasteiger partial charge in [-0.1, -0.05) is 48.0 Å². The van der Waals surface area contributed by atoms with Crippen LogP contribution in [0, 0.1) is 13.8 Å². The Kier molecular flexibility index (Phi) is 6.65. The van der Waals surface area contributed by atoms with Crippen molar-refractivity contribution >= 4 is 27.4 Å². The molecule has 0 heterocycles. The van der Waals surface area contributed by atoms with Gasteiger partial charge in [-0.2, -0.15) is 0 Å². The summed E-state index contributed by atoms with van der Waals surface area (Å²) in [5.74, 6) is -1.12. The van der Waals surface area contributed by atoms with E-state index in [9.17, 15) is 18.3 Å². The molecule has 3 aromatic rings. The number of rotatable bonds is 8. The molecule has 0 radical (unpaired) electrons. The van der Waals surface area contributed by atoms with E-state index >= 15 is 0 Å². The average Bonchev–Trinajstić information content (AvgIpc) is 2.72. The summed E-state index contributed by atoms with van der Waals surface area (Å²) in [5, 5.41) is 9.43. The number of carboxylic acids is 1. The van der Waals surface area contributed by atoms with Crippen molar-refractivity contribution in [1.29, 1.82) is 0 Å². The molecular formula is C24H26N2O4S. The van der Waals surface area contributed by atoms with Crippen LogP contribution in [0.5, 0.6) is 0 Å². The minimum absolute atomic E-state index is 0.0119. The van der Waals surface area contributed by atoms with Crippen molar-refractivity contribution in [1.82, 2.24) is 0 Å². The quantitative estimate of drug-likeness (QED) is 0.526. The second kappa shape index (κ2) is 9.22. The molecule has 0 atom stereocenters. The fourth-order valence-electron chi connectivity index (χ4n) is 3.50. The molecule has 0 aliphatic rings. The lowest BCUT2D eigenvalue weighted by atomic mass is 10.1. The van der Waals surface area contributed by atoms with Crippen LogP contribution in [-0.4, -0.2) is 26.0 Å². The number of hydrogen-bond donors (Lipinski definition) is 2. The lowest BCUT2D eigenvalue weighted by molar-refractivity contribution is 0.0697. The molecule has 0 saturated heterocycles. The van der Waals surface area contributed by atoms with Crippen LogP contribution in [0.25, 0.3) is 0 Å². The molecule has 2 N–H and O–H groups in total. The van der Waals surface area contributed by atoms with Gasteiger partial charge in [0.1, 0.15) is 0 Å². The zero-order chi connectivity index (χ0) is 22.6. The maximum absolute atomic E-state index is 13.2. The van der Waals surface area contributed by atoms with Gasteiger partial charge in [-0.15, -0.1) is 0 Å². The number of benzene rings is 3. The van der Waals surface area contributed by atoms with Crippen molar-refractivity contribution in [2.45, 2.75) is 32.2 Å². The van der Waals surface area contributed by atoms with Crippen molar-refractivity contribution in [3.63, 3.8) is 0 Å². The molecule has 3 aromatic carbocycles. The first-order chi connectivity index (χ1) is 14.7. The largest absolute Gasteiger partial charge is 0.478 e. The summed E-state index contributed by atoms with van der Waals surface area (Å²) in [4.78, 5) is 13.7. The first-order valence-electron chi connectivity index (χ1n) is 9.97. The van der Waals surface area contributed by atoms with Gasteiger partial charge in [0.2, 0.25) is 0 Å². The number of carbonyl (C=O) groups is 1. The van der Waals surface area contributed by atoms with Crippen molar-refractivity contribution in [2.75, 3.05) is 16.2 Å². The molecule has 162 valence electrons. The van der Waals surface area contributed by atoms with E-state index in [1.54, 1.807) is 31.2 Å². The van der Waals surface area contributed by atoms with E-state index in [0.29, 0.717) is 24.3 Å². The first-order valence-corrected chi connectivity index (χ1v) is 11.5. The third kappa shape index (κ3) is 5.24. The SMILES string of the molecule is CCN(Cc1ccccc1)c1ccc(C(=O)O)cc1NS(=O)(=O)c1ccc(C)cc1C. The average molecular weight is 439 g/mol. The van der Waals surface area contributed by atoms with Crippen LogP contribution in [0.15, 0.2) is 71.6 Å². The van der Waals surface area contributed by atoms with E-state index in [4.69, 9.17) is 0 Å². The van der Waals surface area contributed by atoms with Gasteiger partial charge < -0.3 is 10.0 Å². The van der Waals surface area contributed by atoms with Gasteiger partial charge in [0.25, 0.3) is 10.0 Å². The van der Waals surface area contributed by atoms with Gasteiger partial charge in [-0.05, 0) is 56.2 Å². The molecule has 0 aliphatic carbocycles. The Morgan fingerprint density at radius 3 is 2.32 bits per heavy atom. The van der Waals surface area contributed by atoms with Crippen molar-refractivity contribution in [3.8, 4) is 0 Å². The number of aryl methyl sites for hydroxylation is 2. The van der Waals surface area contributed by atoms with Crippen molar-refractivity contribution < 1.29 is 18.3 Å². The summed E-state index contributed by atoms with van der Waals surface area (Å²) >= 11 is 0. The highest BCUT2D eigenvalue weighted by Gasteiger charge is 2.21. The van der Waals surface area contributed by atoms with E-state index in [0.717, 1.165) is 11.1 Å². The van der Waals surface area contributed by atoms with Gasteiger partial charge in [0, 0.05) is 13.1 Å². The molecule has 0 fully saturated rings. The standard InChI is InChI=1S/C24H26N2O4S/c1-4-26(16-19-8-6-5-7-9-19)22-12-11-20(24(27)28)15-21(22)25-31(29,30)23-13-10-17(2)14-18(23)3/h5-15,25H,4,16H2,1-3H3,(H,27,28). The number of anilines is 2. The summed E-state index contributed by atoms with van der Waals surface area (Å²) in [5.41, 5.74) is 3.51. The molecular weight excluding hydrogens is 412 g/mol. The van der Waals surface area contributed by atoms with Crippen LogP contribution in [0.4, 0.5) is 11.4 Å². The Labute approximate surface area is 183 Å². The van der Waals surface area contributed by atoms with Crippen LogP contribution in [0.1, 0.15) is 34.0 Å². The Morgan fingerprint density at radius 2 is 1.71 bits per heavy atom. The van der Waals surface area contributed by atoms with E-state index in [2.05, 4.69) is 4.72 Å². The van der Waals surface area contributed by atoms with Gasteiger partial charge in [0.05, 0.1) is 21.8 Å². The fourth-order valence-corrected chi connectivity index (χ4v) is 4.79. The third-order valence-corrected chi connectivity index (χ3v) is 6.57. The normalized spacial score (nSPS) is 11.2. The van der Waals surface area contributed by atoms with Gasteiger partial charge in [0.15, 0.2) is 0 Å². The molecule has 0 spiro atoms. The minimum Gasteiger partial charge on any atom is -0.478 e. The molecule has 0 saturated carbocycles. The molecule has 3 rings (SSSR count). The highest BCUT2D eigenvalue weighted by molar-refractivity contribution is 7.92. The van der Waals surface area contributed by atoms with Gasteiger partial charge >= 0.3 is 5.97 Å². The lowest BCUT2D eigenvalue weighted by Crippen LogP contribution is -2.24. The Bertz CT molecular complexity index is 1190. The smallest absolute Gasteiger partial charge is 0.335 e. The number of carboxylic acid groups (broad SMARTS) is 1. The van der Waals surface area contributed by atoms with E-state index in [1.165, 1.54) is 12.1 Å². The van der Waals surface area contributed by atoms with Crippen LogP contribution in [-0.2, 0) is 16.6 Å². The van der Waals surface area contributed by atoms with Crippen LogP contribution in [0.2, 0.25) is 0 Å². The molecule has 7 heteroatoms. The van der Waals surface area contributed by atoms with Crippen LogP contribution in [0.3, 0.4) is 0 Å². The number of sulfonamides is 1. The predicted octanol–water partition coefficient (Wildman–Crippen LogP) is 4.83. The maximum atomic E-state index is 13.2. The molecule has 0 unspecified atom stereocenters. The third-order valence-electron chi connectivity index (χ3n) is 5.05. The van der Waals surface area contributed by atoms with E-state index < -0.39 is 16.0 Å². The summed E-state index contributed by atoms with van der Waals surface area (Å²) in [6.07, 6.45) is 0. The van der Waals surface area contributed by atoms with E-state index in [-0.39, 0.29) is 16.1 Å². The number of hydrogen-bond acceptors (Lipinski definition) is 4. The van der Waals surface area contributed by atoms with Gasteiger partial charge in [-0.25, -0.2) is 13.2 Å². The number of aromatic carboxylic acids is 1. The molecule has 0 amide bonds. The second-order valence-electron chi connectivity index (χ2n) is 7.41. The molecule has 0 aromatic heterocycles. The Morgan fingerprint density at radius 1 is 1.00 bits per heavy atom. The zero-order valence-electron chi connectivity index (χ0n) is 17.8. The summed E-state index contributed by atoms with van der Waals surface area (Å²) in [7, 11) is -3.91. The molecule has 0 aliphatic heterocycles. The highest BCUT2D eigenvalue weighted by Crippen LogP contribution is 2.31. The molecule has 6 nitrogen and oxygen atoms in total.